The van der Waals surface area contributed by atoms with E-state index in [9.17, 15) is 32.7 Å². The molecule has 0 bridgehead atoms. The zero-order valence-electron chi connectivity index (χ0n) is 27.0. The molecule has 51 heavy (non-hydrogen) atoms. The monoisotopic (exact) mass is 732 g/mol. The van der Waals surface area contributed by atoms with Gasteiger partial charge in [-0.15, -0.1) is 5.10 Å². The van der Waals surface area contributed by atoms with E-state index < -0.39 is 65.8 Å². The number of carbonyl (C=O) groups excluding carboxylic acids is 2. The van der Waals surface area contributed by atoms with Crippen molar-refractivity contribution in [3.63, 3.8) is 0 Å². The molecule has 3 aromatic heterocycles. The third-order valence-electron chi connectivity index (χ3n) is 9.24. The second-order valence-electron chi connectivity index (χ2n) is 12.4. The molecule has 2 N–H and O–H groups in total. The van der Waals surface area contributed by atoms with Crippen LogP contribution in [0.3, 0.4) is 0 Å². The van der Waals surface area contributed by atoms with Crippen molar-refractivity contribution in [3.8, 4) is 5.75 Å². The van der Waals surface area contributed by atoms with Crippen LogP contribution in [0, 0.1) is 6.92 Å². The molecular weight excluding hydrogens is 704 g/mol. The Hall–Kier alpha value is -4.94. The van der Waals surface area contributed by atoms with Crippen LogP contribution in [0.15, 0.2) is 35.4 Å². The molecule has 1 fully saturated rings. The smallest absolute Gasteiger partial charge is 0.416 e. The number of aromatic hydroxyl groups is 1. The van der Waals surface area contributed by atoms with E-state index in [1.165, 1.54) is 11.5 Å². The first kappa shape index (κ1) is 34.5. The standard InChI is InChI=1S/C32H29ClF4N8O6/c1-15-26(47)24(39-14-38-15)29(49)43-8-7-31(21(34)12-43)23-25(16(2)51-31)44(13-22(46)40-20-4-3-18(11-19(20)33)32(35,36)37)30-41-27(42-45(30)28(23)48)17-5-9-50-10-6-17/h3-5,11,14,16,21,47H,6-10,12-13H2,1-2H3,(H,40,46)/t16-,21+,31-/m0/s1. The Kier molecular flexibility index (Phi) is 8.58. The second-order valence-corrected chi connectivity index (χ2v) is 12.8. The van der Waals surface area contributed by atoms with Crippen molar-refractivity contribution in [1.29, 1.82) is 0 Å². The van der Waals surface area contributed by atoms with Crippen LogP contribution in [0.2, 0.25) is 5.02 Å². The number of amides is 2. The first-order valence-electron chi connectivity index (χ1n) is 15.8. The first-order valence-corrected chi connectivity index (χ1v) is 16.2. The summed E-state index contributed by atoms with van der Waals surface area (Å²) in [5, 5.41) is 17.0. The van der Waals surface area contributed by atoms with Crippen LogP contribution in [0.4, 0.5) is 23.2 Å². The minimum absolute atomic E-state index is 0.0556. The maximum absolute atomic E-state index is 16.6. The fourth-order valence-electron chi connectivity index (χ4n) is 6.73. The number of anilines is 1. The number of rotatable bonds is 5. The van der Waals surface area contributed by atoms with Crippen molar-refractivity contribution >= 4 is 40.5 Å². The second kappa shape index (κ2) is 12.7. The molecule has 19 heteroatoms. The van der Waals surface area contributed by atoms with Crippen molar-refractivity contribution in [2.24, 2.45) is 0 Å². The van der Waals surface area contributed by atoms with Crippen molar-refractivity contribution in [3.05, 3.63) is 80.0 Å². The van der Waals surface area contributed by atoms with Gasteiger partial charge in [-0.25, -0.2) is 14.4 Å². The van der Waals surface area contributed by atoms with Crippen molar-refractivity contribution < 1.29 is 41.7 Å². The number of ether oxygens (including phenoxy) is 2. The van der Waals surface area contributed by atoms with E-state index in [2.05, 4.69) is 25.4 Å². The van der Waals surface area contributed by atoms with Crippen LogP contribution in [-0.4, -0.2) is 83.4 Å². The summed E-state index contributed by atoms with van der Waals surface area (Å²) >= 11 is 6.09. The van der Waals surface area contributed by atoms with Crippen LogP contribution in [0.5, 0.6) is 5.75 Å². The Morgan fingerprint density at radius 1 is 1.24 bits per heavy atom. The highest BCUT2D eigenvalue weighted by Crippen LogP contribution is 2.49. The summed E-state index contributed by atoms with van der Waals surface area (Å²) in [6.45, 7) is 2.59. The van der Waals surface area contributed by atoms with Crippen LogP contribution in [-0.2, 0) is 32.6 Å². The quantitative estimate of drug-likeness (QED) is 0.287. The maximum Gasteiger partial charge on any atom is 0.416 e. The number of halogens is 5. The Balaban J connectivity index is 1.28. The van der Waals surface area contributed by atoms with Gasteiger partial charge >= 0.3 is 6.18 Å². The van der Waals surface area contributed by atoms with E-state index in [1.54, 1.807) is 13.0 Å². The summed E-state index contributed by atoms with van der Waals surface area (Å²) in [4.78, 5) is 54.6. The number of aromatic nitrogens is 6. The molecule has 3 aliphatic rings. The molecule has 0 unspecified atom stereocenters. The number of alkyl halides is 4. The summed E-state index contributed by atoms with van der Waals surface area (Å²) in [5.74, 6) is -1.78. The summed E-state index contributed by atoms with van der Waals surface area (Å²) in [6, 6.07) is 2.48. The molecule has 1 spiro atoms. The predicted molar refractivity (Wildman–Crippen MR) is 171 cm³/mol. The number of hydrogen-bond donors (Lipinski definition) is 2. The van der Waals surface area contributed by atoms with Gasteiger partial charge in [0, 0.05) is 13.0 Å². The minimum Gasteiger partial charge on any atom is -0.504 e. The molecule has 1 aromatic carbocycles. The molecule has 0 saturated carbocycles. The lowest BCUT2D eigenvalue weighted by atomic mass is 9.83. The minimum atomic E-state index is -4.65. The number of piperidine rings is 1. The van der Waals surface area contributed by atoms with Gasteiger partial charge in [-0.1, -0.05) is 17.7 Å². The number of nitrogens with one attached hydrogen (secondary N) is 1. The number of benzene rings is 1. The van der Waals surface area contributed by atoms with E-state index in [-0.39, 0.29) is 57.9 Å². The van der Waals surface area contributed by atoms with E-state index in [1.807, 2.05) is 0 Å². The van der Waals surface area contributed by atoms with E-state index in [0.29, 0.717) is 31.3 Å². The van der Waals surface area contributed by atoms with Crippen molar-refractivity contribution in [1.82, 2.24) is 34.0 Å². The zero-order chi connectivity index (χ0) is 36.4. The average Bonchev–Trinajstić information content (AvgIpc) is 3.67. The molecule has 6 heterocycles. The summed E-state index contributed by atoms with van der Waals surface area (Å²) in [5.41, 5.74) is -3.10. The molecular formula is C32H29ClF4N8O6. The van der Waals surface area contributed by atoms with Crippen LogP contribution in [0.1, 0.15) is 64.7 Å². The largest absolute Gasteiger partial charge is 0.504 e. The number of hydrogen-bond acceptors (Lipinski definition) is 10. The zero-order valence-corrected chi connectivity index (χ0v) is 27.8. The molecule has 7 rings (SSSR count). The fourth-order valence-corrected chi connectivity index (χ4v) is 6.96. The highest BCUT2D eigenvalue weighted by atomic mass is 35.5. The highest BCUT2D eigenvalue weighted by molar-refractivity contribution is 6.33. The molecule has 3 aliphatic heterocycles. The molecule has 3 atom stereocenters. The third-order valence-corrected chi connectivity index (χ3v) is 9.55. The van der Waals surface area contributed by atoms with Gasteiger partial charge in [-0.3, -0.25) is 14.4 Å². The highest BCUT2D eigenvalue weighted by Gasteiger charge is 2.56. The summed E-state index contributed by atoms with van der Waals surface area (Å²) in [7, 11) is 0. The number of likely N-dealkylation sites (tertiary alicyclic amines) is 1. The molecule has 2 amide bonds. The third kappa shape index (κ3) is 5.89. The average molecular weight is 733 g/mol. The van der Waals surface area contributed by atoms with E-state index >= 15 is 4.39 Å². The lowest BCUT2D eigenvalue weighted by molar-refractivity contribution is -0.143. The predicted octanol–water partition coefficient (Wildman–Crippen LogP) is 3.98. The van der Waals surface area contributed by atoms with Crippen molar-refractivity contribution in [2.75, 3.05) is 31.6 Å². The molecule has 268 valence electrons. The Morgan fingerprint density at radius 2 is 2.02 bits per heavy atom. The maximum atomic E-state index is 16.6. The van der Waals surface area contributed by atoms with Crippen molar-refractivity contribution in [2.45, 2.75) is 57.3 Å². The van der Waals surface area contributed by atoms with E-state index in [0.717, 1.165) is 27.9 Å². The first-order chi connectivity index (χ1) is 24.2. The topological polar surface area (TPSA) is 166 Å². The van der Waals surface area contributed by atoms with Gasteiger partial charge in [0.15, 0.2) is 23.4 Å². The SMILES string of the molecule is Cc1ncnc(C(=O)N2CC[C@]3(O[C@@H](C)c4c3c(=O)n3nc(C5=CCOCC5)nc3n4CC(=O)Nc3ccc(C(F)(F)F)cc3Cl)[C@H](F)C2)c1O. The number of aryl methyl sites for hydroxylation is 1. The molecule has 0 aliphatic carbocycles. The van der Waals surface area contributed by atoms with E-state index in [4.69, 9.17) is 21.1 Å². The van der Waals surface area contributed by atoms with Gasteiger partial charge in [-0.2, -0.15) is 22.7 Å². The van der Waals surface area contributed by atoms with Gasteiger partial charge in [0.2, 0.25) is 11.7 Å². The lowest BCUT2D eigenvalue weighted by Crippen LogP contribution is -2.55. The number of fused-ring (bicyclic) bond motifs is 3. The molecule has 4 aromatic rings. The van der Waals surface area contributed by atoms with Gasteiger partial charge < -0.3 is 29.4 Å². The molecule has 0 radical (unpaired) electrons. The molecule has 1 saturated heterocycles. The van der Waals surface area contributed by atoms with Crippen LogP contribution >= 0.6 is 11.6 Å². The lowest BCUT2D eigenvalue weighted by Gasteiger charge is -2.41. The van der Waals surface area contributed by atoms with Crippen LogP contribution < -0.4 is 10.9 Å². The molecule has 14 nitrogen and oxygen atoms in total. The van der Waals surface area contributed by atoms with Gasteiger partial charge in [-0.05, 0) is 44.0 Å². The Labute approximate surface area is 290 Å². The number of nitrogens with zero attached hydrogens (tertiary/aromatic N) is 7. The summed E-state index contributed by atoms with van der Waals surface area (Å²) in [6.07, 6.45) is -4.44. The Morgan fingerprint density at radius 3 is 2.71 bits per heavy atom. The van der Waals surface area contributed by atoms with Crippen LogP contribution in [0.25, 0.3) is 11.4 Å². The van der Waals surface area contributed by atoms with Gasteiger partial charge in [0.05, 0.1) is 59.1 Å². The fraction of sp³-hybridized carbons (Fsp3) is 0.406. The number of carbonyl (C=O) groups is 2. The van der Waals surface area contributed by atoms with Gasteiger partial charge in [0.25, 0.3) is 11.5 Å². The Bertz CT molecular complexity index is 2190. The normalized spacial score (nSPS) is 21.9. The van der Waals surface area contributed by atoms with Gasteiger partial charge in [0.1, 0.15) is 18.5 Å². The summed E-state index contributed by atoms with van der Waals surface area (Å²) < 4.78 is 70.2.